The predicted molar refractivity (Wildman–Crippen MR) is 64.4 cm³/mol. The molecule has 3 nitrogen and oxygen atoms in total. The minimum Gasteiger partial charge on any atom is -0.493 e. The monoisotopic (exact) mass is 221 g/mol. The van der Waals surface area contributed by atoms with E-state index < -0.39 is 0 Å². The normalized spacial score (nSPS) is 16.9. The van der Waals surface area contributed by atoms with Gasteiger partial charge in [0.15, 0.2) is 11.5 Å². The van der Waals surface area contributed by atoms with E-state index in [0.717, 1.165) is 18.0 Å². The van der Waals surface area contributed by atoms with Crippen molar-refractivity contribution in [3.8, 4) is 11.5 Å². The van der Waals surface area contributed by atoms with Crippen molar-refractivity contribution in [2.75, 3.05) is 27.8 Å². The second kappa shape index (κ2) is 4.34. The van der Waals surface area contributed by atoms with E-state index in [1.165, 1.54) is 18.4 Å². The summed E-state index contributed by atoms with van der Waals surface area (Å²) in [7, 11) is 5.35. The number of likely N-dealkylation sites (N-methyl/N-ethyl adjacent to an activating group) is 1. The average molecular weight is 221 g/mol. The van der Waals surface area contributed by atoms with Gasteiger partial charge in [-0.3, -0.25) is 0 Å². The molecule has 1 saturated carbocycles. The van der Waals surface area contributed by atoms with Crippen LogP contribution in [-0.2, 0) is 5.41 Å². The Morgan fingerprint density at radius 3 is 2.38 bits per heavy atom. The number of benzene rings is 1. The SMILES string of the molecule is CNCC1(c2ccc(OC)c(OC)c2)CC1. The number of ether oxygens (including phenoxy) is 2. The highest BCUT2D eigenvalue weighted by Gasteiger charge is 2.43. The Morgan fingerprint density at radius 2 is 1.88 bits per heavy atom. The lowest BCUT2D eigenvalue weighted by atomic mass is 9.95. The third-order valence-corrected chi connectivity index (χ3v) is 3.36. The molecule has 0 atom stereocenters. The summed E-state index contributed by atoms with van der Waals surface area (Å²) in [4.78, 5) is 0. The van der Waals surface area contributed by atoms with Crippen LogP contribution in [0.2, 0.25) is 0 Å². The van der Waals surface area contributed by atoms with Crippen LogP contribution in [0.15, 0.2) is 18.2 Å². The molecule has 1 aliphatic rings. The molecular formula is C13H19NO2. The lowest BCUT2D eigenvalue weighted by Crippen LogP contribution is -2.23. The fourth-order valence-corrected chi connectivity index (χ4v) is 2.22. The van der Waals surface area contributed by atoms with Crippen molar-refractivity contribution in [2.24, 2.45) is 0 Å². The summed E-state index contributed by atoms with van der Waals surface area (Å²) >= 11 is 0. The van der Waals surface area contributed by atoms with Crippen molar-refractivity contribution in [2.45, 2.75) is 18.3 Å². The summed E-state index contributed by atoms with van der Waals surface area (Å²) in [6.07, 6.45) is 2.51. The molecule has 0 bridgehead atoms. The van der Waals surface area contributed by atoms with Crippen LogP contribution >= 0.6 is 0 Å². The van der Waals surface area contributed by atoms with Gasteiger partial charge in [-0.2, -0.15) is 0 Å². The van der Waals surface area contributed by atoms with Gasteiger partial charge >= 0.3 is 0 Å². The lowest BCUT2D eigenvalue weighted by molar-refractivity contribution is 0.354. The third kappa shape index (κ3) is 1.87. The van der Waals surface area contributed by atoms with E-state index >= 15 is 0 Å². The Bertz CT molecular complexity index is 372. The smallest absolute Gasteiger partial charge is 0.161 e. The summed E-state index contributed by atoms with van der Waals surface area (Å²) in [5.74, 6) is 1.62. The van der Waals surface area contributed by atoms with Gasteiger partial charge in [-0.25, -0.2) is 0 Å². The maximum Gasteiger partial charge on any atom is 0.161 e. The molecule has 0 spiro atoms. The van der Waals surface area contributed by atoms with Crippen LogP contribution in [0.5, 0.6) is 11.5 Å². The van der Waals surface area contributed by atoms with Gasteiger partial charge in [-0.15, -0.1) is 0 Å². The molecule has 0 aliphatic heterocycles. The molecule has 0 unspecified atom stereocenters. The van der Waals surface area contributed by atoms with Crippen LogP contribution < -0.4 is 14.8 Å². The second-order valence-corrected chi connectivity index (χ2v) is 4.38. The van der Waals surface area contributed by atoms with E-state index in [2.05, 4.69) is 17.4 Å². The molecule has 1 fully saturated rings. The maximum absolute atomic E-state index is 5.33. The summed E-state index contributed by atoms with van der Waals surface area (Å²) < 4.78 is 10.6. The van der Waals surface area contributed by atoms with Gasteiger partial charge in [0.25, 0.3) is 0 Å². The molecule has 1 aliphatic carbocycles. The van der Waals surface area contributed by atoms with E-state index in [-0.39, 0.29) is 0 Å². The number of hydrogen-bond acceptors (Lipinski definition) is 3. The van der Waals surface area contributed by atoms with Crippen LogP contribution in [0.4, 0.5) is 0 Å². The van der Waals surface area contributed by atoms with Gasteiger partial charge in [0.2, 0.25) is 0 Å². The Kier molecular flexibility index (Phi) is 3.06. The second-order valence-electron chi connectivity index (χ2n) is 4.38. The molecule has 0 heterocycles. The van der Waals surface area contributed by atoms with Gasteiger partial charge in [0.05, 0.1) is 14.2 Å². The summed E-state index contributed by atoms with van der Waals surface area (Å²) in [6, 6.07) is 6.23. The van der Waals surface area contributed by atoms with E-state index in [9.17, 15) is 0 Å². The molecule has 0 saturated heterocycles. The van der Waals surface area contributed by atoms with Crippen molar-refractivity contribution in [3.05, 3.63) is 23.8 Å². The van der Waals surface area contributed by atoms with Crippen molar-refractivity contribution < 1.29 is 9.47 Å². The van der Waals surface area contributed by atoms with Gasteiger partial charge in [0, 0.05) is 12.0 Å². The van der Waals surface area contributed by atoms with E-state index in [1.807, 2.05) is 13.1 Å². The molecule has 88 valence electrons. The fourth-order valence-electron chi connectivity index (χ4n) is 2.22. The molecular weight excluding hydrogens is 202 g/mol. The topological polar surface area (TPSA) is 30.5 Å². The largest absolute Gasteiger partial charge is 0.493 e. The molecule has 1 aromatic carbocycles. The molecule has 1 aromatic rings. The molecule has 0 aromatic heterocycles. The standard InChI is InChI=1S/C13H19NO2/c1-14-9-13(6-7-13)10-4-5-11(15-2)12(8-10)16-3/h4-5,8,14H,6-7,9H2,1-3H3. The maximum atomic E-state index is 5.33. The van der Waals surface area contributed by atoms with Crippen LogP contribution in [0.1, 0.15) is 18.4 Å². The molecule has 0 amide bonds. The van der Waals surface area contributed by atoms with Crippen LogP contribution in [-0.4, -0.2) is 27.8 Å². The first-order chi connectivity index (χ1) is 7.75. The van der Waals surface area contributed by atoms with Crippen molar-refractivity contribution in [3.63, 3.8) is 0 Å². The summed E-state index contributed by atoms with van der Waals surface area (Å²) in [5.41, 5.74) is 1.67. The molecule has 16 heavy (non-hydrogen) atoms. The van der Waals surface area contributed by atoms with Crippen LogP contribution in [0, 0.1) is 0 Å². The van der Waals surface area contributed by atoms with Crippen LogP contribution in [0.25, 0.3) is 0 Å². The van der Waals surface area contributed by atoms with Gasteiger partial charge in [0.1, 0.15) is 0 Å². The van der Waals surface area contributed by atoms with Gasteiger partial charge in [-0.05, 0) is 37.6 Å². The quantitative estimate of drug-likeness (QED) is 0.824. The van der Waals surface area contributed by atoms with E-state index in [1.54, 1.807) is 14.2 Å². The van der Waals surface area contributed by atoms with E-state index in [4.69, 9.17) is 9.47 Å². The number of methoxy groups -OCH3 is 2. The summed E-state index contributed by atoms with van der Waals surface area (Å²) in [6.45, 7) is 1.03. The number of rotatable bonds is 5. The van der Waals surface area contributed by atoms with Gasteiger partial charge in [-0.1, -0.05) is 6.07 Å². The highest BCUT2D eigenvalue weighted by Crippen LogP contribution is 2.49. The Balaban J connectivity index is 2.29. The molecule has 0 radical (unpaired) electrons. The van der Waals surface area contributed by atoms with E-state index in [0.29, 0.717) is 5.41 Å². The highest BCUT2D eigenvalue weighted by atomic mass is 16.5. The Hall–Kier alpha value is -1.22. The summed E-state index contributed by atoms with van der Waals surface area (Å²) in [5, 5.41) is 3.26. The minimum atomic E-state index is 0.328. The van der Waals surface area contributed by atoms with Crippen molar-refractivity contribution in [1.29, 1.82) is 0 Å². The zero-order chi connectivity index (χ0) is 11.6. The number of hydrogen-bond donors (Lipinski definition) is 1. The Labute approximate surface area is 96.8 Å². The Morgan fingerprint density at radius 1 is 1.19 bits per heavy atom. The molecule has 2 rings (SSSR count). The first-order valence-corrected chi connectivity index (χ1v) is 5.63. The van der Waals surface area contributed by atoms with Crippen molar-refractivity contribution >= 4 is 0 Å². The zero-order valence-corrected chi connectivity index (χ0v) is 10.2. The minimum absolute atomic E-state index is 0.328. The fraction of sp³-hybridized carbons (Fsp3) is 0.538. The lowest BCUT2D eigenvalue weighted by Gasteiger charge is -2.17. The third-order valence-electron chi connectivity index (χ3n) is 3.36. The number of nitrogens with one attached hydrogen (secondary N) is 1. The average Bonchev–Trinajstić information content (AvgIpc) is 3.09. The first-order valence-electron chi connectivity index (χ1n) is 5.63. The van der Waals surface area contributed by atoms with Gasteiger partial charge < -0.3 is 14.8 Å². The molecule has 3 heteroatoms. The predicted octanol–water partition coefficient (Wildman–Crippen LogP) is 1.95. The first kappa shape index (κ1) is 11.3. The van der Waals surface area contributed by atoms with Crippen LogP contribution in [0.3, 0.4) is 0 Å². The van der Waals surface area contributed by atoms with Crippen molar-refractivity contribution in [1.82, 2.24) is 5.32 Å². The highest BCUT2D eigenvalue weighted by molar-refractivity contribution is 5.47. The molecule has 1 N–H and O–H groups in total. The zero-order valence-electron chi connectivity index (χ0n) is 10.2.